The zero-order valence-corrected chi connectivity index (χ0v) is 18.0. The maximum Gasteiger partial charge on any atom is 0.245 e. The van der Waals surface area contributed by atoms with Gasteiger partial charge in [0.25, 0.3) is 0 Å². The standard InChI is InChI=1S/C21H21ClN6OS/c1-13-8-14(10-15(22)9-13)18-11-23-21(30-18)25-19-17-5-3-7-28(17)26-20(24-19)27-6-2-4-16(27)12-29/h3,5,7-11,16,29H,2,4,6,12H2,1H3,(H,23,24,25,26)/t16-/m0/s1. The minimum absolute atomic E-state index is 0.0587. The van der Waals surface area contributed by atoms with Crippen LogP contribution in [0, 0.1) is 6.92 Å². The van der Waals surface area contributed by atoms with Crippen LogP contribution >= 0.6 is 22.9 Å². The van der Waals surface area contributed by atoms with Crippen LogP contribution in [0.3, 0.4) is 0 Å². The van der Waals surface area contributed by atoms with Crippen LogP contribution in [0.5, 0.6) is 0 Å². The summed E-state index contributed by atoms with van der Waals surface area (Å²) in [5, 5.41) is 19.2. The Kier molecular flexibility index (Phi) is 5.06. The van der Waals surface area contributed by atoms with E-state index >= 15 is 0 Å². The summed E-state index contributed by atoms with van der Waals surface area (Å²) < 4.78 is 1.81. The molecule has 1 saturated heterocycles. The summed E-state index contributed by atoms with van der Waals surface area (Å²) in [6.07, 6.45) is 5.72. The van der Waals surface area contributed by atoms with Crippen LogP contribution in [-0.2, 0) is 0 Å². The number of aryl methyl sites for hydroxylation is 1. The van der Waals surface area contributed by atoms with Crippen LogP contribution in [0.2, 0.25) is 5.02 Å². The number of nitrogens with one attached hydrogen (secondary N) is 1. The number of aromatic nitrogens is 4. The molecule has 9 heteroatoms. The first-order valence-corrected chi connectivity index (χ1v) is 11.0. The molecule has 3 aromatic heterocycles. The van der Waals surface area contributed by atoms with Gasteiger partial charge in [0, 0.05) is 24.0 Å². The molecule has 1 aliphatic heterocycles. The Labute approximate surface area is 183 Å². The number of benzene rings is 1. The monoisotopic (exact) mass is 440 g/mol. The Morgan fingerprint density at radius 2 is 2.23 bits per heavy atom. The third-order valence-corrected chi connectivity index (χ3v) is 6.46. The van der Waals surface area contributed by atoms with Gasteiger partial charge in [-0.25, -0.2) is 9.50 Å². The molecule has 0 bridgehead atoms. The van der Waals surface area contributed by atoms with Crippen molar-refractivity contribution in [3.05, 3.63) is 53.3 Å². The quantitative estimate of drug-likeness (QED) is 0.475. The average Bonchev–Trinajstić information content (AvgIpc) is 3.47. The van der Waals surface area contributed by atoms with Crippen molar-refractivity contribution < 1.29 is 5.11 Å². The summed E-state index contributed by atoms with van der Waals surface area (Å²) in [6.45, 7) is 2.97. The van der Waals surface area contributed by atoms with E-state index in [0.29, 0.717) is 16.8 Å². The minimum atomic E-state index is 0.0587. The second kappa shape index (κ2) is 7.86. The van der Waals surface area contributed by atoms with Gasteiger partial charge < -0.3 is 15.3 Å². The molecule has 1 atom stereocenters. The molecule has 0 radical (unpaired) electrons. The topological polar surface area (TPSA) is 78.6 Å². The fraction of sp³-hybridized carbons (Fsp3) is 0.286. The molecule has 4 heterocycles. The highest BCUT2D eigenvalue weighted by Gasteiger charge is 2.27. The number of aliphatic hydroxyl groups is 1. The first-order valence-electron chi connectivity index (χ1n) is 9.84. The predicted octanol–water partition coefficient (Wildman–Crippen LogP) is 4.52. The Bertz CT molecular complexity index is 1190. The van der Waals surface area contributed by atoms with E-state index in [2.05, 4.69) is 26.4 Å². The number of nitrogens with zero attached hydrogens (tertiary/aromatic N) is 5. The Morgan fingerprint density at radius 3 is 3.07 bits per heavy atom. The van der Waals surface area contributed by atoms with Gasteiger partial charge in [0.15, 0.2) is 10.9 Å². The van der Waals surface area contributed by atoms with E-state index in [1.54, 1.807) is 11.3 Å². The zero-order valence-electron chi connectivity index (χ0n) is 16.4. The first-order chi connectivity index (χ1) is 14.6. The van der Waals surface area contributed by atoms with E-state index < -0.39 is 0 Å². The predicted molar refractivity (Wildman–Crippen MR) is 121 cm³/mol. The lowest BCUT2D eigenvalue weighted by Gasteiger charge is -2.23. The molecule has 0 spiro atoms. The highest BCUT2D eigenvalue weighted by atomic mass is 35.5. The van der Waals surface area contributed by atoms with Crippen molar-refractivity contribution in [2.75, 3.05) is 23.4 Å². The van der Waals surface area contributed by atoms with Crippen LogP contribution in [0.1, 0.15) is 18.4 Å². The van der Waals surface area contributed by atoms with Crippen molar-refractivity contribution in [1.29, 1.82) is 0 Å². The molecule has 30 heavy (non-hydrogen) atoms. The highest BCUT2D eigenvalue weighted by Crippen LogP contribution is 2.34. The molecule has 1 aliphatic rings. The van der Waals surface area contributed by atoms with Gasteiger partial charge in [0.05, 0.1) is 17.5 Å². The molecule has 1 aromatic carbocycles. The highest BCUT2D eigenvalue weighted by molar-refractivity contribution is 7.19. The van der Waals surface area contributed by atoms with Gasteiger partial charge >= 0.3 is 0 Å². The number of hydrogen-bond acceptors (Lipinski definition) is 7. The van der Waals surface area contributed by atoms with Gasteiger partial charge in [-0.05, 0) is 55.2 Å². The lowest BCUT2D eigenvalue weighted by Crippen LogP contribution is -2.34. The van der Waals surface area contributed by atoms with Gasteiger partial charge in [-0.15, -0.1) is 5.10 Å². The molecule has 1 fully saturated rings. The van der Waals surface area contributed by atoms with Crippen molar-refractivity contribution in [2.24, 2.45) is 0 Å². The maximum atomic E-state index is 9.69. The van der Waals surface area contributed by atoms with E-state index in [1.165, 1.54) is 0 Å². The molecule has 0 amide bonds. The van der Waals surface area contributed by atoms with E-state index in [4.69, 9.17) is 16.6 Å². The SMILES string of the molecule is Cc1cc(Cl)cc(-c2cnc(Nc3nc(N4CCC[C@H]4CO)nn4cccc34)s2)c1. The summed E-state index contributed by atoms with van der Waals surface area (Å²) in [5.41, 5.74) is 3.03. The van der Waals surface area contributed by atoms with E-state index in [9.17, 15) is 5.11 Å². The fourth-order valence-electron chi connectivity index (χ4n) is 3.87. The van der Waals surface area contributed by atoms with E-state index in [-0.39, 0.29) is 12.6 Å². The van der Waals surface area contributed by atoms with Gasteiger partial charge in [0.2, 0.25) is 5.95 Å². The molecule has 0 aliphatic carbocycles. The number of aliphatic hydroxyl groups excluding tert-OH is 1. The van der Waals surface area contributed by atoms with Crippen LogP contribution in [0.15, 0.2) is 42.7 Å². The first kappa shape index (κ1) is 19.3. The summed E-state index contributed by atoms with van der Waals surface area (Å²) >= 11 is 7.77. The van der Waals surface area contributed by atoms with Crippen LogP contribution in [0.4, 0.5) is 16.9 Å². The second-order valence-corrected chi connectivity index (χ2v) is 8.91. The van der Waals surface area contributed by atoms with Crippen LogP contribution < -0.4 is 10.2 Å². The van der Waals surface area contributed by atoms with Crippen molar-refractivity contribution in [3.8, 4) is 10.4 Å². The number of anilines is 3. The largest absolute Gasteiger partial charge is 0.394 e. The maximum absolute atomic E-state index is 9.69. The number of thiazole rings is 1. The van der Waals surface area contributed by atoms with E-state index in [0.717, 1.165) is 46.0 Å². The molecule has 2 N–H and O–H groups in total. The van der Waals surface area contributed by atoms with Crippen LogP contribution in [0.25, 0.3) is 16.0 Å². The number of fused-ring (bicyclic) bond motifs is 1. The summed E-state index contributed by atoms with van der Waals surface area (Å²) in [6, 6.07) is 9.95. The molecule has 4 aromatic rings. The van der Waals surface area contributed by atoms with Gasteiger partial charge in [-0.1, -0.05) is 29.0 Å². The zero-order chi connectivity index (χ0) is 20.7. The molecule has 5 rings (SSSR count). The minimum Gasteiger partial charge on any atom is -0.394 e. The summed E-state index contributed by atoms with van der Waals surface area (Å²) in [4.78, 5) is 12.4. The molecule has 0 unspecified atom stereocenters. The molecule has 0 saturated carbocycles. The average molecular weight is 441 g/mol. The third kappa shape index (κ3) is 3.62. The lowest BCUT2D eigenvalue weighted by molar-refractivity contribution is 0.265. The van der Waals surface area contributed by atoms with Crippen molar-refractivity contribution in [3.63, 3.8) is 0 Å². The number of rotatable bonds is 5. The molecular weight excluding hydrogens is 420 g/mol. The van der Waals surface area contributed by atoms with E-state index in [1.807, 2.05) is 48.1 Å². The van der Waals surface area contributed by atoms with Crippen molar-refractivity contribution in [2.45, 2.75) is 25.8 Å². The van der Waals surface area contributed by atoms with Gasteiger partial charge in [-0.2, -0.15) is 4.98 Å². The summed E-state index contributed by atoms with van der Waals surface area (Å²) in [5.74, 6) is 1.30. The second-order valence-electron chi connectivity index (χ2n) is 7.44. The lowest BCUT2D eigenvalue weighted by atomic mass is 10.1. The van der Waals surface area contributed by atoms with Crippen molar-refractivity contribution >= 4 is 45.4 Å². The van der Waals surface area contributed by atoms with Gasteiger partial charge in [0.1, 0.15) is 5.52 Å². The third-order valence-electron chi connectivity index (χ3n) is 5.28. The number of hydrogen-bond donors (Lipinski definition) is 2. The fourth-order valence-corrected chi connectivity index (χ4v) is 4.96. The molecule has 7 nitrogen and oxygen atoms in total. The van der Waals surface area contributed by atoms with Crippen molar-refractivity contribution in [1.82, 2.24) is 19.6 Å². The molecule has 154 valence electrons. The Balaban J connectivity index is 1.48. The summed E-state index contributed by atoms with van der Waals surface area (Å²) in [7, 11) is 0. The number of halogens is 1. The smallest absolute Gasteiger partial charge is 0.245 e. The Morgan fingerprint density at radius 1 is 1.33 bits per heavy atom. The van der Waals surface area contributed by atoms with Crippen LogP contribution in [-0.4, -0.2) is 43.9 Å². The molecular formula is C21H21ClN6OS. The Hall–Kier alpha value is -2.68. The normalized spacial score (nSPS) is 16.5. The van der Waals surface area contributed by atoms with Gasteiger partial charge in [-0.3, -0.25) is 0 Å².